The van der Waals surface area contributed by atoms with E-state index in [1.165, 1.54) is 18.4 Å². The molecule has 5 fully saturated rings. The molecule has 6 rings (SSSR count). The Morgan fingerprint density at radius 2 is 1.93 bits per heavy atom. The molecule has 5 saturated heterocycles. The molecule has 1 aromatic carbocycles. The number of benzene rings is 1. The van der Waals surface area contributed by atoms with Gasteiger partial charge in [-0.2, -0.15) is 0 Å². The van der Waals surface area contributed by atoms with Gasteiger partial charge in [-0.1, -0.05) is 19.1 Å². The van der Waals surface area contributed by atoms with Gasteiger partial charge in [-0.15, -0.1) is 0 Å². The normalized spacial score (nSPS) is 40.4. The molecule has 5 aliphatic rings. The number of piperidine rings is 3. The number of likely N-dealkylation sites (tertiary alicyclic amines) is 1. The average Bonchev–Trinajstić information content (AvgIpc) is 3.35. The van der Waals surface area contributed by atoms with Crippen molar-refractivity contribution < 1.29 is 9.18 Å². The number of carbonyl (C=O) groups excluding carboxylic acids is 1. The number of hydrazine groups is 1. The molecule has 0 radical (unpaired) electrons. The molecule has 0 saturated carbocycles. The van der Waals surface area contributed by atoms with Gasteiger partial charge in [0.1, 0.15) is 5.82 Å². The van der Waals surface area contributed by atoms with E-state index < -0.39 is 0 Å². The lowest BCUT2D eigenvalue weighted by molar-refractivity contribution is -0.140. The number of hydrogen-bond donors (Lipinski definition) is 2. The van der Waals surface area contributed by atoms with Gasteiger partial charge in [-0.25, -0.2) is 4.39 Å². The minimum Gasteiger partial charge on any atom is -0.337 e. The molecule has 2 bridgehead atoms. The second kappa shape index (κ2) is 6.83. The fourth-order valence-electron chi connectivity index (χ4n) is 6.08. The number of nitrogens with one attached hydrogen (secondary N) is 2. The number of nitrogens with zero attached hydrogens (tertiary/aromatic N) is 2. The highest BCUT2D eigenvalue weighted by molar-refractivity contribution is 5.81. The number of fused-ring (bicyclic) bond motifs is 2. The van der Waals surface area contributed by atoms with E-state index in [2.05, 4.69) is 27.6 Å². The molecule has 5 aliphatic heterocycles. The van der Waals surface area contributed by atoms with Crippen molar-refractivity contribution >= 4 is 5.91 Å². The highest BCUT2D eigenvalue weighted by Crippen LogP contribution is 2.47. The molecule has 2 unspecified atom stereocenters. The van der Waals surface area contributed by atoms with Crippen LogP contribution in [-0.4, -0.2) is 60.0 Å². The maximum absolute atomic E-state index is 13.5. The van der Waals surface area contributed by atoms with Crippen LogP contribution in [0.5, 0.6) is 0 Å². The highest BCUT2D eigenvalue weighted by atomic mass is 19.1. The Labute approximate surface area is 160 Å². The molecule has 5 atom stereocenters. The summed E-state index contributed by atoms with van der Waals surface area (Å²) in [5.41, 5.74) is 7.62. The molecule has 0 spiro atoms. The number of halogens is 1. The van der Waals surface area contributed by atoms with Crippen molar-refractivity contribution in [3.8, 4) is 0 Å². The second-order valence-electron chi connectivity index (χ2n) is 8.65. The lowest BCUT2D eigenvalue weighted by Crippen LogP contribution is -2.61. The van der Waals surface area contributed by atoms with E-state index in [1.807, 2.05) is 12.1 Å². The van der Waals surface area contributed by atoms with Gasteiger partial charge in [0.25, 0.3) is 0 Å². The summed E-state index contributed by atoms with van der Waals surface area (Å²) < 4.78 is 13.5. The van der Waals surface area contributed by atoms with Gasteiger partial charge in [0, 0.05) is 31.1 Å². The van der Waals surface area contributed by atoms with E-state index in [9.17, 15) is 9.18 Å². The lowest BCUT2D eigenvalue weighted by Gasteiger charge is -2.51. The van der Waals surface area contributed by atoms with Crippen LogP contribution in [0.3, 0.4) is 0 Å². The minimum atomic E-state index is -0.194. The predicted octanol–water partition coefficient (Wildman–Crippen LogP) is 1.72. The SMILES string of the molecule is CCC1NNCC1C(=O)N1C[C@H](c2ccc(F)cc2)[C@H]2[C@@H]1C1CCN2CC1. The summed E-state index contributed by atoms with van der Waals surface area (Å²) in [6, 6.07) is 7.86. The molecule has 0 aliphatic carbocycles. The first-order chi connectivity index (χ1) is 13.2. The van der Waals surface area contributed by atoms with E-state index in [1.54, 1.807) is 12.1 Å². The average molecular weight is 372 g/mol. The third-order valence-electron chi connectivity index (χ3n) is 7.43. The molecular formula is C21H29FN4O. The largest absolute Gasteiger partial charge is 0.337 e. The fourth-order valence-corrected chi connectivity index (χ4v) is 6.08. The predicted molar refractivity (Wildman–Crippen MR) is 101 cm³/mol. The summed E-state index contributed by atoms with van der Waals surface area (Å²) in [5.74, 6) is 1.01. The number of hydrogen-bond acceptors (Lipinski definition) is 4. The molecule has 146 valence electrons. The molecule has 2 N–H and O–H groups in total. The van der Waals surface area contributed by atoms with Gasteiger partial charge in [0.05, 0.1) is 12.0 Å². The van der Waals surface area contributed by atoms with E-state index in [0.29, 0.717) is 30.5 Å². The summed E-state index contributed by atoms with van der Waals surface area (Å²) in [7, 11) is 0. The van der Waals surface area contributed by atoms with Crippen molar-refractivity contribution in [2.24, 2.45) is 11.8 Å². The first kappa shape index (κ1) is 17.6. The van der Waals surface area contributed by atoms with Crippen LogP contribution in [0.2, 0.25) is 0 Å². The van der Waals surface area contributed by atoms with Gasteiger partial charge in [-0.3, -0.25) is 20.5 Å². The van der Waals surface area contributed by atoms with Crippen LogP contribution in [0.25, 0.3) is 0 Å². The molecule has 1 amide bonds. The number of amides is 1. The van der Waals surface area contributed by atoms with Gasteiger partial charge >= 0.3 is 0 Å². The Bertz CT molecular complexity index is 703. The molecule has 1 aromatic rings. The maximum Gasteiger partial charge on any atom is 0.228 e. The van der Waals surface area contributed by atoms with Crippen molar-refractivity contribution in [3.05, 3.63) is 35.6 Å². The van der Waals surface area contributed by atoms with Gasteiger partial charge in [0.15, 0.2) is 0 Å². The van der Waals surface area contributed by atoms with E-state index >= 15 is 0 Å². The lowest BCUT2D eigenvalue weighted by atomic mass is 9.75. The zero-order chi connectivity index (χ0) is 18.5. The zero-order valence-corrected chi connectivity index (χ0v) is 15.9. The molecule has 5 nitrogen and oxygen atoms in total. The maximum atomic E-state index is 13.5. The van der Waals surface area contributed by atoms with Crippen molar-refractivity contribution in [2.75, 3.05) is 26.2 Å². The van der Waals surface area contributed by atoms with E-state index in [0.717, 1.165) is 26.1 Å². The Morgan fingerprint density at radius 3 is 2.63 bits per heavy atom. The molecular weight excluding hydrogens is 343 g/mol. The first-order valence-electron chi connectivity index (χ1n) is 10.5. The Hall–Kier alpha value is -1.50. The third-order valence-corrected chi connectivity index (χ3v) is 7.43. The summed E-state index contributed by atoms with van der Waals surface area (Å²) in [6.45, 7) is 5.87. The summed E-state index contributed by atoms with van der Waals surface area (Å²) >= 11 is 0. The first-order valence-corrected chi connectivity index (χ1v) is 10.5. The quantitative estimate of drug-likeness (QED) is 0.848. The summed E-state index contributed by atoms with van der Waals surface area (Å²) in [5, 5.41) is 0. The minimum absolute atomic E-state index is 0.0121. The smallest absolute Gasteiger partial charge is 0.228 e. The molecule has 5 heterocycles. The highest BCUT2D eigenvalue weighted by Gasteiger charge is 2.55. The topological polar surface area (TPSA) is 47.6 Å². The third kappa shape index (κ3) is 2.80. The van der Waals surface area contributed by atoms with Crippen molar-refractivity contribution in [1.82, 2.24) is 20.7 Å². The van der Waals surface area contributed by atoms with Crippen LogP contribution in [0.1, 0.15) is 37.7 Å². The Balaban J connectivity index is 1.47. The summed E-state index contributed by atoms with van der Waals surface area (Å²) in [4.78, 5) is 18.3. The number of rotatable bonds is 3. The molecule has 6 heteroatoms. The van der Waals surface area contributed by atoms with Crippen LogP contribution >= 0.6 is 0 Å². The standard InChI is InChI=1S/C21H29FN4O/c1-2-18-16(11-23-24-18)21(27)26-12-17(13-3-5-15(22)6-4-13)20-19(26)14-7-9-25(20)10-8-14/h3-6,14,16-20,23-24H,2,7-12H2,1H3/t16?,17-,18?,19+,20+/m1/s1. The van der Waals surface area contributed by atoms with Gasteiger partial charge < -0.3 is 4.90 Å². The van der Waals surface area contributed by atoms with E-state index in [-0.39, 0.29) is 23.7 Å². The zero-order valence-electron chi connectivity index (χ0n) is 15.9. The van der Waals surface area contributed by atoms with E-state index in [4.69, 9.17) is 0 Å². The van der Waals surface area contributed by atoms with Crippen LogP contribution in [-0.2, 0) is 4.79 Å². The summed E-state index contributed by atoms with van der Waals surface area (Å²) in [6.07, 6.45) is 3.33. The van der Waals surface area contributed by atoms with Crippen molar-refractivity contribution in [1.29, 1.82) is 0 Å². The van der Waals surface area contributed by atoms with Crippen molar-refractivity contribution in [2.45, 2.75) is 50.2 Å². The molecule has 0 aromatic heterocycles. The molecule has 27 heavy (non-hydrogen) atoms. The van der Waals surface area contributed by atoms with Crippen LogP contribution in [0.4, 0.5) is 4.39 Å². The van der Waals surface area contributed by atoms with Gasteiger partial charge in [0.2, 0.25) is 5.91 Å². The fraction of sp³-hybridized carbons (Fsp3) is 0.667. The van der Waals surface area contributed by atoms with Crippen LogP contribution in [0.15, 0.2) is 24.3 Å². The Kier molecular flexibility index (Phi) is 4.45. The monoisotopic (exact) mass is 372 g/mol. The van der Waals surface area contributed by atoms with Crippen LogP contribution in [0, 0.1) is 17.7 Å². The Morgan fingerprint density at radius 1 is 1.19 bits per heavy atom. The van der Waals surface area contributed by atoms with Crippen molar-refractivity contribution in [3.63, 3.8) is 0 Å². The van der Waals surface area contributed by atoms with Crippen LogP contribution < -0.4 is 10.9 Å². The number of carbonyl (C=O) groups is 1. The second-order valence-corrected chi connectivity index (χ2v) is 8.65. The van der Waals surface area contributed by atoms with Gasteiger partial charge in [-0.05, 0) is 56.0 Å².